The Labute approximate surface area is 133 Å². The molecule has 1 aliphatic rings. The minimum absolute atomic E-state index is 0.0626. The van der Waals surface area contributed by atoms with Crippen LogP contribution in [0, 0.1) is 0 Å². The number of nitrogens with zero attached hydrogens (tertiary/aromatic N) is 1. The van der Waals surface area contributed by atoms with Crippen molar-refractivity contribution in [3.63, 3.8) is 0 Å². The first-order valence-electron chi connectivity index (χ1n) is 7.69. The van der Waals surface area contributed by atoms with Gasteiger partial charge >= 0.3 is 5.97 Å². The summed E-state index contributed by atoms with van der Waals surface area (Å²) in [6, 6.07) is 6.64. The first kappa shape index (κ1) is 15.3. The molecule has 2 aromatic heterocycles. The van der Waals surface area contributed by atoms with Gasteiger partial charge in [0.1, 0.15) is 0 Å². The van der Waals surface area contributed by atoms with Crippen LogP contribution < -0.4 is 5.32 Å². The second-order valence-corrected chi connectivity index (χ2v) is 5.54. The summed E-state index contributed by atoms with van der Waals surface area (Å²) in [6.45, 7) is 0. The Morgan fingerprint density at radius 1 is 1.26 bits per heavy atom. The van der Waals surface area contributed by atoms with Crippen LogP contribution in [0.2, 0.25) is 0 Å². The number of rotatable bonds is 5. The highest BCUT2D eigenvalue weighted by molar-refractivity contribution is 5.90. The van der Waals surface area contributed by atoms with E-state index < -0.39 is 12.1 Å². The second-order valence-electron chi connectivity index (χ2n) is 5.54. The molecular weight excluding hydrogens is 296 g/mol. The van der Waals surface area contributed by atoms with E-state index in [9.17, 15) is 9.59 Å². The fourth-order valence-corrected chi connectivity index (χ4v) is 2.71. The molecule has 23 heavy (non-hydrogen) atoms. The maximum absolute atomic E-state index is 12.6. The monoisotopic (exact) mass is 314 g/mol. The van der Waals surface area contributed by atoms with Gasteiger partial charge in [0.15, 0.2) is 0 Å². The lowest BCUT2D eigenvalue weighted by Gasteiger charge is -2.20. The molecule has 120 valence electrons. The number of esters is 1. The molecule has 0 saturated heterocycles. The molecule has 1 aliphatic carbocycles. The van der Waals surface area contributed by atoms with Crippen molar-refractivity contribution in [1.82, 2.24) is 10.3 Å². The molecule has 0 bridgehead atoms. The van der Waals surface area contributed by atoms with E-state index in [2.05, 4.69) is 10.3 Å². The molecular formula is C17H18N2O4. The first-order chi connectivity index (χ1) is 11.2. The molecule has 2 aromatic rings. The molecule has 1 amide bonds. The Hall–Kier alpha value is -2.63. The minimum Gasteiger partial charge on any atom is -0.457 e. The Kier molecular flexibility index (Phi) is 4.71. The van der Waals surface area contributed by atoms with E-state index in [0.29, 0.717) is 5.56 Å². The van der Waals surface area contributed by atoms with Crippen molar-refractivity contribution < 1.29 is 18.7 Å². The van der Waals surface area contributed by atoms with E-state index in [1.807, 2.05) is 0 Å². The SMILES string of the molecule is O=C(OC(C(=O)NC1CCCC1)c1cccnc1)c1ccco1. The molecule has 1 atom stereocenters. The highest BCUT2D eigenvalue weighted by Crippen LogP contribution is 2.22. The maximum Gasteiger partial charge on any atom is 0.375 e. The van der Waals surface area contributed by atoms with Gasteiger partial charge in [-0.15, -0.1) is 0 Å². The van der Waals surface area contributed by atoms with Crippen LogP contribution in [-0.4, -0.2) is 22.9 Å². The third kappa shape index (κ3) is 3.77. The fraction of sp³-hybridized carbons (Fsp3) is 0.353. The van der Waals surface area contributed by atoms with Gasteiger partial charge < -0.3 is 14.5 Å². The van der Waals surface area contributed by atoms with Gasteiger partial charge in [-0.3, -0.25) is 9.78 Å². The number of hydrogen-bond acceptors (Lipinski definition) is 5. The molecule has 1 N–H and O–H groups in total. The van der Waals surface area contributed by atoms with Gasteiger partial charge in [-0.25, -0.2) is 4.79 Å². The molecule has 0 aliphatic heterocycles. The van der Waals surface area contributed by atoms with Crippen LogP contribution in [0.25, 0.3) is 0 Å². The zero-order chi connectivity index (χ0) is 16.1. The van der Waals surface area contributed by atoms with Crippen LogP contribution in [-0.2, 0) is 9.53 Å². The van der Waals surface area contributed by atoms with Crippen molar-refractivity contribution in [3.8, 4) is 0 Å². The van der Waals surface area contributed by atoms with Crippen LogP contribution in [0.5, 0.6) is 0 Å². The summed E-state index contributed by atoms with van der Waals surface area (Å²) in [5, 5.41) is 2.95. The smallest absolute Gasteiger partial charge is 0.375 e. The highest BCUT2D eigenvalue weighted by Gasteiger charge is 2.29. The van der Waals surface area contributed by atoms with E-state index in [4.69, 9.17) is 9.15 Å². The van der Waals surface area contributed by atoms with Crippen molar-refractivity contribution in [2.75, 3.05) is 0 Å². The molecule has 0 spiro atoms. The largest absolute Gasteiger partial charge is 0.457 e. The topological polar surface area (TPSA) is 81.4 Å². The van der Waals surface area contributed by atoms with Crippen LogP contribution in [0.4, 0.5) is 0 Å². The van der Waals surface area contributed by atoms with Gasteiger partial charge in [0, 0.05) is 24.0 Å². The summed E-state index contributed by atoms with van der Waals surface area (Å²) in [6.07, 6.45) is 7.59. The first-order valence-corrected chi connectivity index (χ1v) is 7.69. The molecule has 0 aromatic carbocycles. The summed E-state index contributed by atoms with van der Waals surface area (Å²) in [7, 11) is 0. The zero-order valence-electron chi connectivity index (χ0n) is 12.6. The number of pyridine rings is 1. The molecule has 6 heteroatoms. The highest BCUT2D eigenvalue weighted by atomic mass is 16.6. The van der Waals surface area contributed by atoms with Gasteiger partial charge in [-0.2, -0.15) is 0 Å². The Morgan fingerprint density at radius 2 is 2.09 bits per heavy atom. The standard InChI is InChI=1S/C17H18N2O4/c20-16(19-13-6-1-2-7-13)15(12-5-3-9-18-11-12)23-17(21)14-8-4-10-22-14/h3-5,8-11,13,15H,1-2,6-7H2,(H,19,20). The summed E-state index contributed by atoms with van der Waals surface area (Å²) in [4.78, 5) is 28.7. The van der Waals surface area contributed by atoms with Gasteiger partial charge in [0.05, 0.1) is 6.26 Å². The molecule has 1 unspecified atom stereocenters. The van der Waals surface area contributed by atoms with Crippen molar-refractivity contribution in [2.24, 2.45) is 0 Å². The fourth-order valence-electron chi connectivity index (χ4n) is 2.71. The summed E-state index contributed by atoms with van der Waals surface area (Å²) < 4.78 is 10.4. The van der Waals surface area contributed by atoms with Crippen LogP contribution in [0.1, 0.15) is 47.9 Å². The molecule has 0 radical (unpaired) electrons. The van der Waals surface area contributed by atoms with Crippen molar-refractivity contribution >= 4 is 11.9 Å². The Bertz CT molecular complexity index is 648. The lowest BCUT2D eigenvalue weighted by molar-refractivity contribution is -0.131. The van der Waals surface area contributed by atoms with E-state index in [-0.39, 0.29) is 17.7 Å². The number of carbonyl (C=O) groups is 2. The van der Waals surface area contributed by atoms with E-state index in [1.165, 1.54) is 18.5 Å². The number of aromatic nitrogens is 1. The van der Waals surface area contributed by atoms with Crippen LogP contribution in [0.3, 0.4) is 0 Å². The maximum atomic E-state index is 12.6. The summed E-state index contributed by atoms with van der Waals surface area (Å²) in [5.74, 6) is -0.942. The van der Waals surface area contributed by atoms with Crippen molar-refractivity contribution in [2.45, 2.75) is 37.8 Å². The number of ether oxygens (including phenoxy) is 1. The van der Waals surface area contributed by atoms with Crippen molar-refractivity contribution in [3.05, 3.63) is 54.2 Å². The minimum atomic E-state index is -1.04. The quantitative estimate of drug-likeness (QED) is 0.858. The van der Waals surface area contributed by atoms with Crippen LogP contribution in [0.15, 0.2) is 47.3 Å². The number of amides is 1. The van der Waals surface area contributed by atoms with E-state index in [1.54, 1.807) is 24.4 Å². The van der Waals surface area contributed by atoms with Crippen LogP contribution >= 0.6 is 0 Å². The lowest BCUT2D eigenvalue weighted by atomic mass is 10.1. The average Bonchev–Trinajstić information content (AvgIpc) is 3.26. The van der Waals surface area contributed by atoms with Gasteiger partial charge in [-0.05, 0) is 31.0 Å². The Morgan fingerprint density at radius 3 is 2.74 bits per heavy atom. The predicted octanol–water partition coefficient (Wildman–Crippen LogP) is 2.63. The third-order valence-electron chi connectivity index (χ3n) is 3.87. The average molecular weight is 314 g/mol. The Balaban J connectivity index is 1.76. The lowest BCUT2D eigenvalue weighted by Crippen LogP contribution is -2.38. The number of nitrogens with one attached hydrogen (secondary N) is 1. The number of furan rings is 1. The third-order valence-corrected chi connectivity index (χ3v) is 3.87. The molecule has 3 rings (SSSR count). The summed E-state index contributed by atoms with van der Waals surface area (Å²) in [5.41, 5.74) is 0.530. The number of carbonyl (C=O) groups excluding carboxylic acids is 2. The molecule has 2 heterocycles. The van der Waals surface area contributed by atoms with Gasteiger partial charge in [-0.1, -0.05) is 18.9 Å². The number of hydrogen-bond donors (Lipinski definition) is 1. The molecule has 1 saturated carbocycles. The summed E-state index contributed by atoms with van der Waals surface area (Å²) >= 11 is 0. The van der Waals surface area contributed by atoms with E-state index >= 15 is 0 Å². The van der Waals surface area contributed by atoms with Crippen molar-refractivity contribution in [1.29, 1.82) is 0 Å². The zero-order valence-corrected chi connectivity index (χ0v) is 12.6. The normalized spacial score (nSPS) is 16.0. The predicted molar refractivity (Wildman–Crippen MR) is 81.5 cm³/mol. The second kappa shape index (κ2) is 7.09. The molecule has 6 nitrogen and oxygen atoms in total. The van der Waals surface area contributed by atoms with Gasteiger partial charge in [0.2, 0.25) is 11.9 Å². The van der Waals surface area contributed by atoms with E-state index in [0.717, 1.165) is 25.7 Å². The molecule has 1 fully saturated rings. The van der Waals surface area contributed by atoms with Gasteiger partial charge in [0.25, 0.3) is 5.91 Å².